The quantitative estimate of drug-likeness (QED) is 0.589. The molecule has 0 aliphatic carbocycles. The Morgan fingerprint density at radius 2 is 1.72 bits per heavy atom. The highest BCUT2D eigenvalue weighted by atomic mass is 19.4. The first-order valence-corrected chi connectivity index (χ1v) is 9.11. The molecule has 0 radical (unpaired) electrons. The number of carbonyl (C=O) groups excluding carboxylic acids is 1. The van der Waals surface area contributed by atoms with Crippen molar-refractivity contribution in [2.75, 3.05) is 0 Å². The minimum atomic E-state index is -4.61. The van der Waals surface area contributed by atoms with Crippen LogP contribution < -0.4 is 5.73 Å². The fourth-order valence-electron chi connectivity index (χ4n) is 2.75. The van der Waals surface area contributed by atoms with Gasteiger partial charge in [0.2, 0.25) is 0 Å². The summed E-state index contributed by atoms with van der Waals surface area (Å²) in [5, 5.41) is 4.25. The molecule has 3 aromatic rings. The number of hydrogen-bond donors (Lipinski definition) is 1. The molecule has 4 heterocycles. The second kappa shape index (κ2) is 8.88. The van der Waals surface area contributed by atoms with Crippen molar-refractivity contribution < 1.29 is 31.1 Å². The summed E-state index contributed by atoms with van der Waals surface area (Å²) in [6, 6.07) is 2.48. The van der Waals surface area contributed by atoms with Gasteiger partial charge in [0, 0.05) is 24.7 Å². The zero-order valence-electron chi connectivity index (χ0n) is 16.2. The molecule has 0 bridgehead atoms. The number of nitrogens with two attached hydrogens (primary N) is 1. The molecule has 1 aliphatic heterocycles. The van der Waals surface area contributed by atoms with Crippen LogP contribution in [0.2, 0.25) is 0 Å². The van der Waals surface area contributed by atoms with E-state index in [0.29, 0.717) is 17.6 Å². The molecular weight excluding hydrogens is 444 g/mol. The van der Waals surface area contributed by atoms with Gasteiger partial charge < -0.3 is 5.73 Å². The third-order valence-corrected chi connectivity index (χ3v) is 4.25. The Hall–Kier alpha value is -3.58. The standard InChI is InChI=1S/C12H11F3N4.C6H4F3N3O/c13-12(14,15)9-7-8(4-5-16-9)11-17-10-3-1-2-6-19(10)18-11;7-6(8,9)4-2-11-1-3(12-4)5(10)13/h4-5,7H,1-3,6H2;1-2H,(H2,10,13). The Kier molecular flexibility index (Phi) is 6.41. The Morgan fingerprint density at radius 1 is 1.00 bits per heavy atom. The van der Waals surface area contributed by atoms with Gasteiger partial charge in [0.25, 0.3) is 5.91 Å². The number of hydrogen-bond acceptors (Lipinski definition) is 6. The summed E-state index contributed by atoms with van der Waals surface area (Å²) < 4.78 is 75.5. The van der Waals surface area contributed by atoms with Gasteiger partial charge in [0.1, 0.15) is 17.2 Å². The van der Waals surface area contributed by atoms with E-state index < -0.39 is 35.3 Å². The average Bonchev–Trinajstić information content (AvgIpc) is 3.18. The molecule has 14 heteroatoms. The van der Waals surface area contributed by atoms with Crippen molar-refractivity contribution in [3.05, 3.63) is 53.6 Å². The zero-order chi connectivity index (χ0) is 23.5. The summed E-state index contributed by atoms with van der Waals surface area (Å²) in [4.78, 5) is 24.2. The van der Waals surface area contributed by atoms with Crippen LogP contribution in [0.25, 0.3) is 11.4 Å². The third kappa shape index (κ3) is 5.56. The summed E-state index contributed by atoms with van der Waals surface area (Å²) in [6.45, 7) is 0.777. The smallest absolute Gasteiger partial charge is 0.364 e. The molecule has 0 saturated carbocycles. The predicted molar refractivity (Wildman–Crippen MR) is 96.7 cm³/mol. The second-order valence-corrected chi connectivity index (χ2v) is 6.61. The van der Waals surface area contributed by atoms with E-state index >= 15 is 0 Å². The minimum Gasteiger partial charge on any atom is -0.364 e. The van der Waals surface area contributed by atoms with E-state index in [2.05, 4.69) is 25.0 Å². The number of nitrogens with zero attached hydrogens (tertiary/aromatic N) is 6. The Morgan fingerprint density at radius 3 is 2.34 bits per heavy atom. The Bertz CT molecular complexity index is 1090. The van der Waals surface area contributed by atoms with Crippen LogP contribution in [0.5, 0.6) is 0 Å². The number of amides is 1. The summed E-state index contributed by atoms with van der Waals surface area (Å²) in [5.74, 6) is 0.134. The van der Waals surface area contributed by atoms with E-state index in [1.807, 2.05) is 0 Å². The first kappa shape index (κ1) is 23.1. The molecule has 0 spiro atoms. The SMILES string of the molecule is FC(F)(F)c1cc(-c2nc3n(n2)CCCC3)ccn1.NC(=O)c1cncc(C(F)(F)F)n1. The zero-order valence-corrected chi connectivity index (χ0v) is 16.2. The van der Waals surface area contributed by atoms with Crippen LogP contribution in [0.4, 0.5) is 26.3 Å². The van der Waals surface area contributed by atoms with Crippen LogP contribution in [0, 0.1) is 0 Å². The third-order valence-electron chi connectivity index (χ3n) is 4.25. The summed E-state index contributed by atoms with van der Waals surface area (Å²) >= 11 is 0. The largest absolute Gasteiger partial charge is 0.434 e. The van der Waals surface area contributed by atoms with Gasteiger partial charge in [-0.05, 0) is 25.0 Å². The van der Waals surface area contributed by atoms with Gasteiger partial charge in [-0.15, -0.1) is 0 Å². The molecule has 32 heavy (non-hydrogen) atoms. The van der Waals surface area contributed by atoms with E-state index in [-0.39, 0.29) is 0 Å². The molecule has 0 atom stereocenters. The highest BCUT2D eigenvalue weighted by Crippen LogP contribution is 2.30. The van der Waals surface area contributed by atoms with Crippen molar-refractivity contribution in [3.8, 4) is 11.4 Å². The van der Waals surface area contributed by atoms with Gasteiger partial charge in [-0.25, -0.2) is 14.6 Å². The van der Waals surface area contributed by atoms with Crippen LogP contribution in [0.1, 0.15) is 40.5 Å². The van der Waals surface area contributed by atoms with Gasteiger partial charge in [0.15, 0.2) is 11.5 Å². The molecule has 1 aliphatic rings. The highest BCUT2D eigenvalue weighted by Gasteiger charge is 2.34. The van der Waals surface area contributed by atoms with E-state index in [0.717, 1.165) is 50.1 Å². The van der Waals surface area contributed by atoms with E-state index in [4.69, 9.17) is 5.73 Å². The van der Waals surface area contributed by atoms with Gasteiger partial charge >= 0.3 is 12.4 Å². The van der Waals surface area contributed by atoms with Crippen molar-refractivity contribution in [1.29, 1.82) is 0 Å². The summed E-state index contributed by atoms with van der Waals surface area (Å²) in [5.41, 5.74) is 2.41. The molecule has 1 amide bonds. The van der Waals surface area contributed by atoms with Gasteiger partial charge in [-0.2, -0.15) is 31.4 Å². The minimum absolute atomic E-state index is 0.338. The number of carbonyl (C=O) groups is 1. The number of primary amides is 1. The van der Waals surface area contributed by atoms with Crippen LogP contribution in [-0.4, -0.2) is 35.6 Å². The predicted octanol–water partition coefficient (Wildman–Crippen LogP) is 3.29. The lowest BCUT2D eigenvalue weighted by Crippen LogP contribution is -2.17. The van der Waals surface area contributed by atoms with Crippen LogP contribution >= 0.6 is 0 Å². The fraction of sp³-hybridized carbons (Fsp3) is 0.333. The van der Waals surface area contributed by atoms with E-state index in [1.54, 1.807) is 4.68 Å². The maximum Gasteiger partial charge on any atom is 0.434 e. The van der Waals surface area contributed by atoms with Crippen molar-refractivity contribution in [2.24, 2.45) is 5.73 Å². The second-order valence-electron chi connectivity index (χ2n) is 6.61. The Balaban J connectivity index is 0.000000195. The number of alkyl halides is 6. The van der Waals surface area contributed by atoms with E-state index in [1.165, 1.54) is 6.07 Å². The summed E-state index contributed by atoms with van der Waals surface area (Å²) in [7, 11) is 0. The first-order chi connectivity index (χ1) is 14.9. The highest BCUT2D eigenvalue weighted by molar-refractivity contribution is 5.90. The molecule has 4 rings (SSSR count). The molecular formula is C18H15F6N7O. The fourth-order valence-corrected chi connectivity index (χ4v) is 2.75. The molecule has 0 unspecified atom stereocenters. The van der Waals surface area contributed by atoms with Gasteiger partial charge in [0.05, 0.1) is 12.4 Å². The monoisotopic (exact) mass is 459 g/mol. The van der Waals surface area contributed by atoms with Gasteiger partial charge in [-0.1, -0.05) is 0 Å². The number of fused-ring (bicyclic) bond motifs is 1. The summed E-state index contributed by atoms with van der Waals surface area (Å²) in [6.07, 6.45) is -3.64. The molecule has 0 fully saturated rings. The lowest BCUT2D eigenvalue weighted by molar-refractivity contribution is -0.142. The molecule has 0 saturated heterocycles. The van der Waals surface area contributed by atoms with Crippen molar-refractivity contribution in [3.63, 3.8) is 0 Å². The number of aromatic nitrogens is 6. The van der Waals surface area contributed by atoms with Gasteiger partial charge in [-0.3, -0.25) is 14.8 Å². The van der Waals surface area contributed by atoms with E-state index in [9.17, 15) is 31.1 Å². The molecule has 0 aromatic carbocycles. The number of aryl methyl sites for hydroxylation is 2. The van der Waals surface area contributed by atoms with Crippen LogP contribution in [-0.2, 0) is 25.3 Å². The maximum absolute atomic E-state index is 12.6. The Labute approximate surface area is 176 Å². The lowest BCUT2D eigenvalue weighted by atomic mass is 10.2. The normalized spacial score (nSPS) is 13.7. The first-order valence-electron chi connectivity index (χ1n) is 9.11. The topological polar surface area (TPSA) is 112 Å². The van der Waals surface area contributed by atoms with Crippen molar-refractivity contribution in [1.82, 2.24) is 29.7 Å². The molecule has 8 nitrogen and oxygen atoms in total. The van der Waals surface area contributed by atoms with Crippen LogP contribution in [0.15, 0.2) is 30.7 Å². The average molecular weight is 459 g/mol. The number of halogens is 6. The van der Waals surface area contributed by atoms with Crippen LogP contribution in [0.3, 0.4) is 0 Å². The van der Waals surface area contributed by atoms with Crippen molar-refractivity contribution >= 4 is 5.91 Å². The number of pyridine rings is 1. The molecule has 2 N–H and O–H groups in total. The lowest BCUT2D eigenvalue weighted by Gasteiger charge is -2.09. The molecule has 170 valence electrons. The maximum atomic E-state index is 12.6. The van der Waals surface area contributed by atoms with Crippen molar-refractivity contribution in [2.45, 2.75) is 38.2 Å². The number of rotatable bonds is 2. The molecule has 3 aromatic heterocycles.